The fraction of sp³-hybridized carbons (Fsp3) is 0.0667. The first-order valence-electron chi connectivity index (χ1n) is 11.6. The molecule has 2 N–H and O–H groups in total. The molecule has 0 spiro atoms. The number of benzene rings is 4. The number of nitrogens with zero attached hydrogens (tertiary/aromatic N) is 1. The largest absolute Gasteiger partial charge is 0.481 e. The first kappa shape index (κ1) is 23.5. The SMILES string of the molecule is O=C(O)CC1C=CN(C(=O)c2ccc(Nc3ccccc3-c3ccccc3)cc2)c2ccccc2S1. The van der Waals surface area contributed by atoms with Crippen LogP contribution in [-0.2, 0) is 4.79 Å². The van der Waals surface area contributed by atoms with Crippen LogP contribution in [0, 0.1) is 0 Å². The van der Waals surface area contributed by atoms with E-state index in [1.54, 1.807) is 29.3 Å². The Labute approximate surface area is 214 Å². The van der Waals surface area contributed by atoms with E-state index in [4.69, 9.17) is 0 Å². The average molecular weight is 493 g/mol. The number of anilines is 3. The first-order chi connectivity index (χ1) is 17.6. The third-order valence-corrected chi connectivity index (χ3v) is 7.10. The monoisotopic (exact) mass is 492 g/mol. The zero-order valence-corrected chi connectivity index (χ0v) is 20.2. The van der Waals surface area contributed by atoms with Crippen molar-refractivity contribution in [3.05, 3.63) is 121 Å². The highest BCUT2D eigenvalue weighted by Crippen LogP contribution is 2.38. The number of amides is 1. The van der Waals surface area contributed by atoms with Crippen LogP contribution in [0.3, 0.4) is 0 Å². The highest BCUT2D eigenvalue weighted by Gasteiger charge is 2.24. The first-order valence-corrected chi connectivity index (χ1v) is 12.5. The molecule has 0 fully saturated rings. The summed E-state index contributed by atoms with van der Waals surface area (Å²) in [6, 6.07) is 33.3. The number of nitrogens with one attached hydrogen (secondary N) is 1. The average Bonchev–Trinajstić information content (AvgIpc) is 3.08. The van der Waals surface area contributed by atoms with Crippen LogP contribution in [0.1, 0.15) is 16.8 Å². The third-order valence-electron chi connectivity index (χ3n) is 5.87. The van der Waals surface area contributed by atoms with Crippen molar-refractivity contribution in [2.75, 3.05) is 10.2 Å². The van der Waals surface area contributed by atoms with Gasteiger partial charge in [-0.15, -0.1) is 11.8 Å². The molecule has 1 aliphatic heterocycles. The van der Waals surface area contributed by atoms with Gasteiger partial charge in [-0.25, -0.2) is 0 Å². The molecule has 4 aromatic rings. The van der Waals surface area contributed by atoms with Crippen LogP contribution in [0.15, 0.2) is 120 Å². The smallest absolute Gasteiger partial charge is 0.304 e. The second-order valence-electron chi connectivity index (χ2n) is 8.35. The van der Waals surface area contributed by atoms with Crippen molar-refractivity contribution < 1.29 is 14.7 Å². The van der Waals surface area contributed by atoms with Gasteiger partial charge in [-0.2, -0.15) is 0 Å². The van der Waals surface area contributed by atoms with Crippen LogP contribution in [0.5, 0.6) is 0 Å². The molecular weight excluding hydrogens is 468 g/mol. The maximum atomic E-state index is 13.5. The van der Waals surface area contributed by atoms with Crippen molar-refractivity contribution in [2.45, 2.75) is 16.6 Å². The summed E-state index contributed by atoms with van der Waals surface area (Å²) in [6.45, 7) is 0. The van der Waals surface area contributed by atoms with Gasteiger partial charge < -0.3 is 10.4 Å². The van der Waals surface area contributed by atoms with Gasteiger partial charge in [-0.05, 0) is 48.0 Å². The molecule has 1 aliphatic rings. The van der Waals surface area contributed by atoms with E-state index in [-0.39, 0.29) is 17.6 Å². The van der Waals surface area contributed by atoms with Gasteiger partial charge in [0.05, 0.1) is 12.1 Å². The molecule has 4 aromatic carbocycles. The molecule has 178 valence electrons. The zero-order chi connectivity index (χ0) is 24.9. The van der Waals surface area contributed by atoms with Crippen LogP contribution in [0.2, 0.25) is 0 Å². The lowest BCUT2D eigenvalue weighted by Crippen LogP contribution is -2.25. The summed E-state index contributed by atoms with van der Waals surface area (Å²) in [5.74, 6) is -1.04. The van der Waals surface area contributed by atoms with E-state index < -0.39 is 5.97 Å². The van der Waals surface area contributed by atoms with E-state index in [0.717, 1.165) is 33.1 Å². The normalized spacial score (nSPS) is 14.6. The summed E-state index contributed by atoms with van der Waals surface area (Å²) in [5.41, 5.74) is 5.36. The summed E-state index contributed by atoms with van der Waals surface area (Å²) in [7, 11) is 0. The lowest BCUT2D eigenvalue weighted by molar-refractivity contribution is -0.136. The molecule has 0 aliphatic carbocycles. The molecule has 5 nitrogen and oxygen atoms in total. The molecule has 5 rings (SSSR count). The molecule has 1 unspecified atom stereocenters. The number of thioether (sulfide) groups is 1. The van der Waals surface area contributed by atoms with Gasteiger partial charge in [0.1, 0.15) is 0 Å². The van der Waals surface area contributed by atoms with Crippen LogP contribution in [0.4, 0.5) is 17.1 Å². The van der Waals surface area contributed by atoms with Crippen LogP contribution < -0.4 is 10.2 Å². The Morgan fingerprint density at radius 2 is 1.53 bits per heavy atom. The highest BCUT2D eigenvalue weighted by atomic mass is 32.2. The fourth-order valence-electron chi connectivity index (χ4n) is 4.13. The van der Waals surface area contributed by atoms with Crippen molar-refractivity contribution in [1.29, 1.82) is 0 Å². The summed E-state index contributed by atoms with van der Waals surface area (Å²) in [4.78, 5) is 27.2. The van der Waals surface area contributed by atoms with E-state index in [0.29, 0.717) is 5.56 Å². The van der Waals surface area contributed by atoms with Crippen molar-refractivity contribution in [3.63, 3.8) is 0 Å². The van der Waals surface area contributed by atoms with Gasteiger partial charge in [-0.1, -0.05) is 66.7 Å². The predicted octanol–water partition coefficient (Wildman–Crippen LogP) is 7.21. The zero-order valence-electron chi connectivity index (χ0n) is 19.4. The summed E-state index contributed by atoms with van der Waals surface area (Å²) < 4.78 is 0. The van der Waals surface area contributed by atoms with Crippen LogP contribution in [-0.4, -0.2) is 22.2 Å². The van der Waals surface area contributed by atoms with E-state index in [1.807, 2.05) is 72.8 Å². The maximum Gasteiger partial charge on any atom is 0.304 e. The minimum Gasteiger partial charge on any atom is -0.481 e. The standard InChI is InChI=1S/C30H24N2O3S/c33-29(34)20-24-18-19-32(27-12-6-7-13-28(27)36-24)30(35)22-14-16-23(17-15-22)31-26-11-5-4-10-25(26)21-8-2-1-3-9-21/h1-19,24,31H,20H2,(H,33,34). The Morgan fingerprint density at radius 1 is 0.833 bits per heavy atom. The van der Waals surface area contributed by atoms with Crippen molar-refractivity contribution in [3.8, 4) is 11.1 Å². The second kappa shape index (κ2) is 10.5. The van der Waals surface area contributed by atoms with Gasteiger partial charge in [0, 0.05) is 38.8 Å². The maximum absolute atomic E-state index is 13.5. The van der Waals surface area contributed by atoms with Gasteiger partial charge in [-0.3, -0.25) is 14.5 Å². The lowest BCUT2D eigenvalue weighted by Gasteiger charge is -2.20. The number of carbonyl (C=O) groups excluding carboxylic acids is 1. The number of para-hydroxylation sites is 2. The Hall–Kier alpha value is -4.29. The molecule has 0 saturated carbocycles. The molecule has 1 heterocycles. The quantitative estimate of drug-likeness (QED) is 0.298. The minimum absolute atomic E-state index is 0.0116. The highest BCUT2D eigenvalue weighted by molar-refractivity contribution is 8.00. The van der Waals surface area contributed by atoms with Crippen molar-refractivity contribution in [1.82, 2.24) is 0 Å². The Bertz CT molecular complexity index is 1420. The number of rotatable bonds is 6. The van der Waals surface area contributed by atoms with Gasteiger partial charge in [0.15, 0.2) is 0 Å². The summed E-state index contributed by atoms with van der Waals surface area (Å²) in [6.07, 6.45) is 3.46. The Kier molecular flexibility index (Phi) is 6.87. The molecule has 0 saturated heterocycles. The number of hydrogen-bond donors (Lipinski definition) is 2. The summed E-state index contributed by atoms with van der Waals surface area (Å²) >= 11 is 1.45. The van der Waals surface area contributed by atoms with E-state index in [2.05, 4.69) is 23.5 Å². The van der Waals surface area contributed by atoms with Crippen molar-refractivity contribution in [2.24, 2.45) is 0 Å². The predicted molar refractivity (Wildman–Crippen MR) is 146 cm³/mol. The van der Waals surface area contributed by atoms with Crippen molar-refractivity contribution >= 4 is 40.7 Å². The number of carboxylic acid groups (broad SMARTS) is 1. The molecule has 1 atom stereocenters. The second-order valence-corrected chi connectivity index (χ2v) is 9.63. The van der Waals surface area contributed by atoms with Gasteiger partial charge >= 0.3 is 5.97 Å². The molecule has 1 amide bonds. The molecule has 36 heavy (non-hydrogen) atoms. The van der Waals surface area contributed by atoms with E-state index in [1.165, 1.54) is 11.8 Å². The Balaban J connectivity index is 1.38. The molecule has 6 heteroatoms. The number of carboxylic acids is 1. The molecule has 0 radical (unpaired) electrons. The fourth-order valence-corrected chi connectivity index (χ4v) is 5.28. The lowest BCUT2D eigenvalue weighted by atomic mass is 10.0. The topological polar surface area (TPSA) is 69.6 Å². The molecular formula is C30H24N2O3S. The number of fused-ring (bicyclic) bond motifs is 1. The molecule has 0 aromatic heterocycles. The minimum atomic E-state index is -0.869. The van der Waals surface area contributed by atoms with E-state index >= 15 is 0 Å². The van der Waals surface area contributed by atoms with Gasteiger partial charge in [0.2, 0.25) is 0 Å². The van der Waals surface area contributed by atoms with Crippen LogP contribution in [0.25, 0.3) is 11.1 Å². The van der Waals surface area contributed by atoms with Gasteiger partial charge in [0.25, 0.3) is 5.91 Å². The summed E-state index contributed by atoms with van der Waals surface area (Å²) in [5, 5.41) is 12.5. The Morgan fingerprint density at radius 3 is 2.31 bits per heavy atom. The number of carbonyl (C=O) groups is 2. The third kappa shape index (κ3) is 5.19. The molecule has 0 bridgehead atoms. The number of aliphatic carboxylic acids is 1. The van der Waals surface area contributed by atoms with Crippen LogP contribution >= 0.6 is 11.8 Å². The number of hydrogen-bond acceptors (Lipinski definition) is 4. The van der Waals surface area contributed by atoms with E-state index in [9.17, 15) is 14.7 Å².